The Hall–Kier alpha value is -1.32. The molecule has 1 aromatic carbocycles. The van der Waals surface area contributed by atoms with Crippen LogP contribution in [0.3, 0.4) is 0 Å². The van der Waals surface area contributed by atoms with Gasteiger partial charge in [-0.2, -0.15) is 0 Å². The van der Waals surface area contributed by atoms with E-state index in [0.29, 0.717) is 0 Å². The van der Waals surface area contributed by atoms with Crippen molar-refractivity contribution in [3.63, 3.8) is 0 Å². The number of aromatic nitrogens is 1. The van der Waals surface area contributed by atoms with Crippen LogP contribution in [0.5, 0.6) is 0 Å². The molecule has 0 unspecified atom stereocenters. The van der Waals surface area contributed by atoms with Crippen molar-refractivity contribution in [3.05, 3.63) is 36.0 Å². The van der Waals surface area contributed by atoms with Crippen molar-refractivity contribution in [2.75, 3.05) is 26.7 Å². The molecule has 3 nitrogen and oxygen atoms in total. The number of hydrogen-bond acceptors (Lipinski definition) is 2. The van der Waals surface area contributed by atoms with Crippen LogP contribution in [0.2, 0.25) is 0 Å². The zero-order chi connectivity index (χ0) is 12.1. The van der Waals surface area contributed by atoms with Gasteiger partial charge in [0.15, 0.2) is 0 Å². The summed E-state index contributed by atoms with van der Waals surface area (Å²) < 4.78 is 0. The molecule has 1 aromatic heterocycles. The molecule has 1 heterocycles. The van der Waals surface area contributed by atoms with Gasteiger partial charge in [0.1, 0.15) is 0 Å². The van der Waals surface area contributed by atoms with E-state index in [9.17, 15) is 0 Å². The Morgan fingerprint density at radius 3 is 2.88 bits per heavy atom. The highest BCUT2D eigenvalue weighted by Gasteiger charge is 2.03. The van der Waals surface area contributed by atoms with Gasteiger partial charge in [-0.25, -0.2) is 0 Å². The molecule has 0 saturated carbocycles. The lowest BCUT2D eigenvalue weighted by Gasteiger charge is -2.15. The first-order chi connectivity index (χ1) is 8.29. The Bertz CT molecular complexity index is 428. The normalized spacial score (nSPS) is 11.5. The van der Waals surface area contributed by atoms with E-state index in [0.717, 1.165) is 26.2 Å². The van der Waals surface area contributed by atoms with E-state index in [2.05, 4.69) is 59.5 Å². The fourth-order valence-electron chi connectivity index (χ4n) is 2.04. The van der Waals surface area contributed by atoms with Gasteiger partial charge in [-0.3, -0.25) is 4.90 Å². The van der Waals surface area contributed by atoms with Crippen LogP contribution in [0, 0.1) is 0 Å². The van der Waals surface area contributed by atoms with Crippen LogP contribution in [0.25, 0.3) is 10.9 Å². The third-order valence-electron chi connectivity index (χ3n) is 2.95. The quantitative estimate of drug-likeness (QED) is 0.747. The second-order valence-corrected chi connectivity index (χ2v) is 4.47. The molecule has 0 aliphatic rings. The van der Waals surface area contributed by atoms with Crippen molar-refractivity contribution in [2.45, 2.75) is 13.5 Å². The number of H-pyrrole nitrogens is 1. The molecule has 0 saturated heterocycles. The molecule has 0 atom stereocenters. The van der Waals surface area contributed by atoms with E-state index >= 15 is 0 Å². The maximum atomic E-state index is 3.45. The molecule has 3 heteroatoms. The summed E-state index contributed by atoms with van der Waals surface area (Å²) in [6.45, 7) is 6.27. The molecule has 0 fully saturated rings. The number of aromatic amines is 1. The molecule has 2 aromatic rings. The molecule has 0 amide bonds. The lowest BCUT2D eigenvalue weighted by atomic mass is 10.2. The molecule has 17 heavy (non-hydrogen) atoms. The Morgan fingerprint density at radius 2 is 2.12 bits per heavy atom. The summed E-state index contributed by atoms with van der Waals surface area (Å²) in [5.74, 6) is 0. The van der Waals surface area contributed by atoms with E-state index in [1.807, 2.05) is 0 Å². The van der Waals surface area contributed by atoms with Crippen molar-refractivity contribution in [1.29, 1.82) is 0 Å². The zero-order valence-corrected chi connectivity index (χ0v) is 10.7. The largest absolute Gasteiger partial charge is 0.357 e. The zero-order valence-electron chi connectivity index (χ0n) is 10.7. The van der Waals surface area contributed by atoms with Crippen LogP contribution in [0.1, 0.15) is 12.6 Å². The van der Waals surface area contributed by atoms with Gasteiger partial charge in [0.05, 0.1) is 0 Å². The standard InChI is InChI=1S/C14H21N3/c1-3-15-8-9-17(2)11-13-10-12-6-4-5-7-14(12)16-13/h4-7,10,15-16H,3,8-9,11H2,1-2H3. The molecule has 0 aliphatic heterocycles. The van der Waals surface area contributed by atoms with Gasteiger partial charge in [-0.15, -0.1) is 0 Å². The third-order valence-corrected chi connectivity index (χ3v) is 2.95. The van der Waals surface area contributed by atoms with Crippen molar-refractivity contribution >= 4 is 10.9 Å². The number of fused-ring (bicyclic) bond motifs is 1. The Kier molecular flexibility index (Phi) is 4.18. The monoisotopic (exact) mass is 231 g/mol. The third kappa shape index (κ3) is 3.32. The summed E-state index contributed by atoms with van der Waals surface area (Å²) in [5.41, 5.74) is 2.51. The molecular weight excluding hydrogens is 210 g/mol. The molecule has 92 valence electrons. The van der Waals surface area contributed by atoms with E-state index in [1.165, 1.54) is 16.6 Å². The van der Waals surface area contributed by atoms with Gasteiger partial charge in [0.2, 0.25) is 0 Å². The van der Waals surface area contributed by atoms with Gasteiger partial charge < -0.3 is 10.3 Å². The second-order valence-electron chi connectivity index (χ2n) is 4.47. The summed E-state index contributed by atoms with van der Waals surface area (Å²) in [7, 11) is 2.16. The summed E-state index contributed by atoms with van der Waals surface area (Å²) in [4.78, 5) is 5.78. The first-order valence-electron chi connectivity index (χ1n) is 6.25. The minimum atomic E-state index is 0.972. The van der Waals surface area contributed by atoms with E-state index < -0.39 is 0 Å². The highest BCUT2D eigenvalue weighted by atomic mass is 15.1. The van der Waals surface area contributed by atoms with Crippen LogP contribution >= 0.6 is 0 Å². The van der Waals surface area contributed by atoms with E-state index in [1.54, 1.807) is 0 Å². The number of benzene rings is 1. The molecule has 0 bridgehead atoms. The number of nitrogens with zero attached hydrogens (tertiary/aromatic N) is 1. The molecule has 2 N–H and O–H groups in total. The number of para-hydroxylation sites is 1. The van der Waals surface area contributed by atoms with Crippen molar-refractivity contribution in [2.24, 2.45) is 0 Å². The topological polar surface area (TPSA) is 31.1 Å². The Morgan fingerprint density at radius 1 is 1.29 bits per heavy atom. The van der Waals surface area contributed by atoms with Crippen molar-refractivity contribution in [3.8, 4) is 0 Å². The second kappa shape index (κ2) is 5.84. The van der Waals surface area contributed by atoms with E-state index in [4.69, 9.17) is 0 Å². The fraction of sp³-hybridized carbons (Fsp3) is 0.429. The van der Waals surface area contributed by atoms with Gasteiger partial charge in [0, 0.05) is 30.8 Å². The smallest absolute Gasteiger partial charge is 0.0456 e. The Labute approximate surface area is 103 Å². The minimum absolute atomic E-state index is 0.972. The molecule has 0 aliphatic carbocycles. The lowest BCUT2D eigenvalue weighted by Crippen LogP contribution is -2.28. The number of rotatable bonds is 6. The van der Waals surface area contributed by atoms with Gasteiger partial charge >= 0.3 is 0 Å². The first-order valence-corrected chi connectivity index (χ1v) is 6.25. The van der Waals surface area contributed by atoms with Gasteiger partial charge in [-0.1, -0.05) is 25.1 Å². The average molecular weight is 231 g/mol. The number of hydrogen-bond donors (Lipinski definition) is 2. The molecular formula is C14H21N3. The van der Waals surface area contributed by atoms with Crippen LogP contribution in [0.4, 0.5) is 0 Å². The maximum Gasteiger partial charge on any atom is 0.0456 e. The van der Waals surface area contributed by atoms with Crippen LogP contribution < -0.4 is 5.32 Å². The summed E-state index contributed by atoms with van der Waals surface area (Å²) in [6, 6.07) is 10.6. The van der Waals surface area contributed by atoms with E-state index in [-0.39, 0.29) is 0 Å². The lowest BCUT2D eigenvalue weighted by molar-refractivity contribution is 0.322. The van der Waals surface area contributed by atoms with Crippen molar-refractivity contribution < 1.29 is 0 Å². The summed E-state index contributed by atoms with van der Waals surface area (Å²) in [5, 5.41) is 4.63. The highest BCUT2D eigenvalue weighted by molar-refractivity contribution is 5.80. The van der Waals surface area contributed by atoms with Crippen molar-refractivity contribution in [1.82, 2.24) is 15.2 Å². The predicted octanol–water partition coefficient (Wildman–Crippen LogP) is 2.21. The average Bonchev–Trinajstić information content (AvgIpc) is 2.71. The summed E-state index contributed by atoms with van der Waals surface area (Å²) in [6.07, 6.45) is 0. The Balaban J connectivity index is 1.93. The number of likely N-dealkylation sites (N-methyl/N-ethyl adjacent to an activating group) is 2. The molecule has 0 spiro atoms. The molecule has 2 rings (SSSR count). The highest BCUT2D eigenvalue weighted by Crippen LogP contribution is 2.15. The molecule has 0 radical (unpaired) electrons. The number of nitrogens with one attached hydrogen (secondary N) is 2. The minimum Gasteiger partial charge on any atom is -0.357 e. The van der Waals surface area contributed by atoms with Crippen LogP contribution in [-0.4, -0.2) is 36.6 Å². The van der Waals surface area contributed by atoms with Gasteiger partial charge in [-0.05, 0) is 31.1 Å². The fourth-order valence-corrected chi connectivity index (χ4v) is 2.04. The van der Waals surface area contributed by atoms with Gasteiger partial charge in [0.25, 0.3) is 0 Å². The SMILES string of the molecule is CCNCCN(C)Cc1cc2ccccc2[nH]1. The van der Waals surface area contributed by atoms with Crippen LogP contribution in [0.15, 0.2) is 30.3 Å². The summed E-state index contributed by atoms with van der Waals surface area (Å²) >= 11 is 0. The maximum absolute atomic E-state index is 3.45. The van der Waals surface area contributed by atoms with Crippen LogP contribution in [-0.2, 0) is 6.54 Å². The first kappa shape index (κ1) is 12.1. The predicted molar refractivity (Wildman–Crippen MR) is 73.2 cm³/mol.